The van der Waals surface area contributed by atoms with Crippen molar-refractivity contribution in [2.45, 2.75) is 26.3 Å². The highest BCUT2D eigenvalue weighted by atomic mass is 16.5. The first-order valence-electron chi connectivity index (χ1n) is 8.73. The number of aromatic nitrogens is 2. The minimum Gasteiger partial charge on any atom is -0.496 e. The van der Waals surface area contributed by atoms with Gasteiger partial charge in [0.1, 0.15) is 5.75 Å². The minimum atomic E-state index is 0.621. The van der Waals surface area contributed by atoms with Crippen molar-refractivity contribution in [3.05, 3.63) is 36.4 Å². The summed E-state index contributed by atoms with van der Waals surface area (Å²) >= 11 is 0. The summed E-state index contributed by atoms with van der Waals surface area (Å²) < 4.78 is 5.41. The Labute approximate surface area is 144 Å². The van der Waals surface area contributed by atoms with Crippen molar-refractivity contribution in [3.63, 3.8) is 0 Å². The Morgan fingerprint density at radius 2 is 1.92 bits per heavy atom. The number of benzene rings is 1. The molecule has 0 radical (unpaired) electrons. The molecule has 1 aliphatic heterocycles. The highest BCUT2D eigenvalue weighted by molar-refractivity contribution is 5.67. The van der Waals surface area contributed by atoms with Crippen LogP contribution in [-0.2, 0) is 0 Å². The largest absolute Gasteiger partial charge is 0.496 e. The highest BCUT2D eigenvalue weighted by Crippen LogP contribution is 2.29. The lowest BCUT2D eigenvalue weighted by Gasteiger charge is -2.26. The maximum atomic E-state index is 5.41. The van der Waals surface area contributed by atoms with Crippen molar-refractivity contribution in [2.24, 2.45) is 0 Å². The summed E-state index contributed by atoms with van der Waals surface area (Å²) in [6, 6.07) is 12.6. The second-order valence-corrected chi connectivity index (χ2v) is 6.09. The fourth-order valence-corrected chi connectivity index (χ4v) is 3.48. The maximum absolute atomic E-state index is 5.41. The first-order valence-corrected chi connectivity index (χ1v) is 8.73. The molecule has 0 N–H and O–H groups in total. The van der Waals surface area contributed by atoms with Gasteiger partial charge in [0.05, 0.1) is 12.8 Å². The van der Waals surface area contributed by atoms with Crippen LogP contribution in [0.5, 0.6) is 5.75 Å². The molecule has 1 aliphatic rings. The molecule has 0 bridgehead atoms. The van der Waals surface area contributed by atoms with E-state index in [1.54, 1.807) is 7.11 Å². The molecule has 0 spiro atoms. The van der Waals surface area contributed by atoms with Gasteiger partial charge in [0.15, 0.2) is 5.82 Å². The van der Waals surface area contributed by atoms with Crippen LogP contribution in [-0.4, -0.2) is 54.4 Å². The summed E-state index contributed by atoms with van der Waals surface area (Å²) in [7, 11) is 1.68. The van der Waals surface area contributed by atoms with Gasteiger partial charge in [-0.05, 0) is 43.8 Å². The van der Waals surface area contributed by atoms with Crippen LogP contribution >= 0.6 is 0 Å². The van der Waals surface area contributed by atoms with Gasteiger partial charge in [-0.2, -0.15) is 0 Å². The third kappa shape index (κ3) is 3.36. The predicted octanol–water partition coefficient (Wildman–Crippen LogP) is 3.07. The standard InChI is InChI=1S/C19H26N4O/c1-4-22(5-2)15-12-13-23(14-15)19-11-10-17(20-21-19)16-8-6-7-9-18(16)24-3/h6-11,15H,4-5,12-14H2,1-3H3/t15-/m0/s1. The third-order valence-electron chi connectivity index (χ3n) is 4.85. The fraction of sp³-hybridized carbons (Fsp3) is 0.474. The Bertz CT molecular complexity index is 655. The Morgan fingerprint density at radius 1 is 1.12 bits per heavy atom. The molecule has 1 fully saturated rings. The van der Waals surface area contributed by atoms with Crippen LogP contribution in [0.3, 0.4) is 0 Å². The fourth-order valence-electron chi connectivity index (χ4n) is 3.48. The topological polar surface area (TPSA) is 41.5 Å². The normalized spacial score (nSPS) is 17.5. The second kappa shape index (κ2) is 7.62. The molecule has 1 aromatic heterocycles. The molecule has 0 aliphatic carbocycles. The molecule has 0 unspecified atom stereocenters. The smallest absolute Gasteiger partial charge is 0.151 e. The Hall–Kier alpha value is -2.14. The average Bonchev–Trinajstić information content (AvgIpc) is 3.13. The SMILES string of the molecule is CCN(CC)[C@H]1CCN(c2ccc(-c3ccccc3OC)nn2)C1. The molecule has 2 aromatic rings. The van der Waals surface area contributed by atoms with Gasteiger partial charge in [-0.3, -0.25) is 4.90 Å². The first kappa shape index (κ1) is 16.7. The lowest BCUT2D eigenvalue weighted by atomic mass is 10.1. The van der Waals surface area contributed by atoms with Crippen molar-refractivity contribution in [1.29, 1.82) is 0 Å². The van der Waals surface area contributed by atoms with Gasteiger partial charge >= 0.3 is 0 Å². The molecule has 128 valence electrons. The summed E-state index contributed by atoms with van der Waals surface area (Å²) in [5.74, 6) is 1.78. The molecular weight excluding hydrogens is 300 g/mol. The van der Waals surface area contributed by atoms with Gasteiger partial charge in [-0.1, -0.05) is 26.0 Å². The van der Waals surface area contributed by atoms with E-state index in [0.717, 1.165) is 49.0 Å². The van der Waals surface area contributed by atoms with Gasteiger partial charge < -0.3 is 9.64 Å². The van der Waals surface area contributed by atoms with E-state index in [2.05, 4.69) is 39.9 Å². The summed E-state index contributed by atoms with van der Waals surface area (Å²) in [5, 5.41) is 8.89. The Kier molecular flexibility index (Phi) is 5.30. The zero-order valence-electron chi connectivity index (χ0n) is 14.8. The molecule has 1 atom stereocenters. The number of para-hydroxylation sites is 1. The molecule has 0 amide bonds. The van der Waals surface area contributed by atoms with E-state index in [1.807, 2.05) is 30.3 Å². The van der Waals surface area contributed by atoms with E-state index in [1.165, 1.54) is 6.42 Å². The molecular formula is C19H26N4O. The minimum absolute atomic E-state index is 0.621. The van der Waals surface area contributed by atoms with Crippen LogP contribution in [0.1, 0.15) is 20.3 Å². The average molecular weight is 326 g/mol. The van der Waals surface area contributed by atoms with E-state index < -0.39 is 0 Å². The van der Waals surface area contributed by atoms with Gasteiger partial charge in [-0.15, -0.1) is 10.2 Å². The Balaban J connectivity index is 1.74. The predicted molar refractivity (Wildman–Crippen MR) is 97.6 cm³/mol. The summed E-state index contributed by atoms with van der Waals surface area (Å²) in [5.41, 5.74) is 1.82. The number of hydrogen-bond acceptors (Lipinski definition) is 5. The molecule has 5 nitrogen and oxygen atoms in total. The summed E-state index contributed by atoms with van der Waals surface area (Å²) in [4.78, 5) is 4.86. The monoisotopic (exact) mass is 326 g/mol. The number of ether oxygens (including phenoxy) is 1. The number of hydrogen-bond donors (Lipinski definition) is 0. The third-order valence-corrected chi connectivity index (χ3v) is 4.85. The van der Waals surface area contributed by atoms with Crippen LogP contribution in [0, 0.1) is 0 Å². The quantitative estimate of drug-likeness (QED) is 0.816. The van der Waals surface area contributed by atoms with E-state index in [9.17, 15) is 0 Å². The van der Waals surface area contributed by atoms with Crippen LogP contribution < -0.4 is 9.64 Å². The van der Waals surface area contributed by atoms with Crippen molar-refractivity contribution < 1.29 is 4.74 Å². The van der Waals surface area contributed by atoms with E-state index in [0.29, 0.717) is 6.04 Å². The highest BCUT2D eigenvalue weighted by Gasteiger charge is 2.27. The van der Waals surface area contributed by atoms with Crippen LogP contribution in [0.15, 0.2) is 36.4 Å². The molecule has 1 saturated heterocycles. The summed E-state index contributed by atoms with van der Waals surface area (Å²) in [6.45, 7) is 8.75. The van der Waals surface area contributed by atoms with Gasteiger partial charge in [0, 0.05) is 24.7 Å². The maximum Gasteiger partial charge on any atom is 0.151 e. The molecule has 0 saturated carbocycles. The van der Waals surface area contributed by atoms with Crippen molar-refractivity contribution in [3.8, 4) is 17.0 Å². The van der Waals surface area contributed by atoms with Crippen molar-refractivity contribution in [1.82, 2.24) is 15.1 Å². The van der Waals surface area contributed by atoms with Crippen LogP contribution in [0.4, 0.5) is 5.82 Å². The molecule has 3 rings (SSSR count). The van der Waals surface area contributed by atoms with Crippen LogP contribution in [0.2, 0.25) is 0 Å². The number of nitrogens with zero attached hydrogens (tertiary/aromatic N) is 4. The zero-order chi connectivity index (χ0) is 16.9. The van der Waals surface area contributed by atoms with E-state index in [-0.39, 0.29) is 0 Å². The van der Waals surface area contributed by atoms with Gasteiger partial charge in [0.25, 0.3) is 0 Å². The van der Waals surface area contributed by atoms with E-state index >= 15 is 0 Å². The molecule has 5 heteroatoms. The second-order valence-electron chi connectivity index (χ2n) is 6.09. The van der Waals surface area contributed by atoms with Crippen molar-refractivity contribution in [2.75, 3.05) is 38.2 Å². The summed E-state index contributed by atoms with van der Waals surface area (Å²) in [6.07, 6.45) is 1.19. The Morgan fingerprint density at radius 3 is 2.58 bits per heavy atom. The van der Waals surface area contributed by atoms with Crippen molar-refractivity contribution >= 4 is 5.82 Å². The zero-order valence-corrected chi connectivity index (χ0v) is 14.8. The lowest BCUT2D eigenvalue weighted by molar-refractivity contribution is 0.232. The van der Waals surface area contributed by atoms with Crippen LogP contribution in [0.25, 0.3) is 11.3 Å². The van der Waals surface area contributed by atoms with E-state index in [4.69, 9.17) is 4.74 Å². The molecule has 2 heterocycles. The number of anilines is 1. The van der Waals surface area contributed by atoms with Gasteiger partial charge in [0.2, 0.25) is 0 Å². The molecule has 24 heavy (non-hydrogen) atoms. The number of rotatable bonds is 6. The number of likely N-dealkylation sites (N-methyl/N-ethyl adjacent to an activating group) is 1. The van der Waals surface area contributed by atoms with Gasteiger partial charge in [-0.25, -0.2) is 0 Å². The first-order chi connectivity index (χ1) is 11.8. The number of methoxy groups -OCH3 is 1. The molecule has 1 aromatic carbocycles. The lowest BCUT2D eigenvalue weighted by Crippen LogP contribution is -2.37.